The second-order valence-corrected chi connectivity index (χ2v) is 2.30. The maximum Gasteiger partial charge on any atom is 0.151 e. The molecule has 1 aliphatic rings. The number of rotatable bonds is 0. The topological polar surface area (TPSA) is 30.7 Å². The van der Waals surface area contributed by atoms with Crippen LogP contribution in [0, 0.1) is 6.92 Å². The summed E-state index contributed by atoms with van der Waals surface area (Å²) in [5, 5.41) is 4.09. The first-order valence-electron chi connectivity index (χ1n) is 3.27. The Balaban J connectivity index is 2.46. The average Bonchev–Trinajstić information content (AvgIpc) is 2.27. The Morgan fingerprint density at radius 2 is 2.40 bits per heavy atom. The Labute approximate surface area is 59.4 Å². The van der Waals surface area contributed by atoms with Crippen LogP contribution in [0.1, 0.15) is 11.6 Å². The Morgan fingerprint density at radius 1 is 1.50 bits per heavy atom. The van der Waals surface area contributed by atoms with Gasteiger partial charge in [-0.3, -0.25) is 0 Å². The summed E-state index contributed by atoms with van der Waals surface area (Å²) in [6.07, 6.45) is 5.08. The molecule has 3 nitrogen and oxygen atoms in total. The number of hydrogen-bond donors (Lipinski definition) is 0. The minimum atomic E-state index is 0.624. The fraction of sp³-hybridized carbons (Fsp3) is 0.286. The monoisotopic (exact) mass is 134 g/mol. The van der Waals surface area contributed by atoms with Crippen molar-refractivity contribution in [3.8, 4) is 0 Å². The highest BCUT2D eigenvalue weighted by Crippen LogP contribution is 2.04. The van der Waals surface area contributed by atoms with E-state index in [1.54, 1.807) is 0 Å². The highest BCUT2D eigenvalue weighted by atomic mass is 15.3. The Hall–Kier alpha value is -1.12. The molecule has 0 spiro atoms. The molecule has 0 saturated heterocycles. The number of nitrogens with zero attached hydrogens (tertiary/aromatic N) is 3. The molecule has 0 fully saturated rings. The molecule has 2 heterocycles. The molecule has 0 amide bonds. The predicted octanol–water partition coefficient (Wildman–Crippen LogP) is 0.573. The molecular formula is C7H8N3. The zero-order chi connectivity index (χ0) is 6.97. The first-order valence-corrected chi connectivity index (χ1v) is 3.27. The Morgan fingerprint density at radius 3 is 3.20 bits per heavy atom. The van der Waals surface area contributed by atoms with Crippen LogP contribution in [-0.2, 0) is 13.0 Å². The third-order valence-corrected chi connectivity index (χ3v) is 1.54. The smallest absolute Gasteiger partial charge is 0.151 e. The first kappa shape index (κ1) is 5.65. The van der Waals surface area contributed by atoms with Gasteiger partial charge in [0.2, 0.25) is 0 Å². The van der Waals surface area contributed by atoms with Crippen LogP contribution >= 0.6 is 0 Å². The quantitative estimate of drug-likeness (QED) is 0.486. The Bertz CT molecular complexity index is 247. The fourth-order valence-electron chi connectivity index (χ4n) is 1.09. The largest absolute Gasteiger partial charge is 0.246 e. The molecule has 2 rings (SSSR count). The summed E-state index contributed by atoms with van der Waals surface area (Å²) in [5.74, 6) is 1.64. The van der Waals surface area contributed by atoms with Gasteiger partial charge in [-0.25, -0.2) is 9.67 Å². The fourth-order valence-corrected chi connectivity index (χ4v) is 1.09. The molecule has 51 valence electrons. The van der Waals surface area contributed by atoms with Gasteiger partial charge in [-0.2, -0.15) is 5.10 Å². The molecule has 1 aliphatic heterocycles. The van der Waals surface area contributed by atoms with Crippen molar-refractivity contribution in [2.45, 2.75) is 13.0 Å². The minimum absolute atomic E-state index is 0.624. The van der Waals surface area contributed by atoms with Gasteiger partial charge in [0.15, 0.2) is 5.82 Å². The lowest BCUT2D eigenvalue weighted by atomic mass is 10.3. The SMILES string of the molecule is [CH2]c1nc2n(n1)CC=CC2. The third kappa shape index (κ3) is 0.744. The lowest BCUT2D eigenvalue weighted by Gasteiger charge is -2.03. The molecule has 0 bridgehead atoms. The van der Waals surface area contributed by atoms with Gasteiger partial charge in [0.1, 0.15) is 5.82 Å². The van der Waals surface area contributed by atoms with E-state index in [4.69, 9.17) is 0 Å². The van der Waals surface area contributed by atoms with Crippen molar-refractivity contribution in [2.24, 2.45) is 0 Å². The molecule has 0 saturated carbocycles. The number of aromatic nitrogens is 3. The van der Waals surface area contributed by atoms with Crippen molar-refractivity contribution >= 4 is 0 Å². The summed E-state index contributed by atoms with van der Waals surface area (Å²) in [6.45, 7) is 4.50. The van der Waals surface area contributed by atoms with Crippen LogP contribution in [-0.4, -0.2) is 14.8 Å². The van der Waals surface area contributed by atoms with E-state index in [1.165, 1.54) is 0 Å². The van der Waals surface area contributed by atoms with Crippen LogP contribution in [0.3, 0.4) is 0 Å². The van der Waals surface area contributed by atoms with E-state index in [-0.39, 0.29) is 0 Å². The van der Waals surface area contributed by atoms with Gasteiger partial charge < -0.3 is 0 Å². The van der Waals surface area contributed by atoms with Crippen LogP contribution in [0.4, 0.5) is 0 Å². The van der Waals surface area contributed by atoms with Crippen LogP contribution in [0.15, 0.2) is 12.2 Å². The zero-order valence-electron chi connectivity index (χ0n) is 5.62. The molecule has 1 radical (unpaired) electrons. The van der Waals surface area contributed by atoms with Crippen molar-refractivity contribution in [2.75, 3.05) is 0 Å². The number of hydrogen-bond acceptors (Lipinski definition) is 2. The second kappa shape index (κ2) is 1.94. The Kier molecular flexibility index (Phi) is 1.09. The lowest BCUT2D eigenvalue weighted by Crippen LogP contribution is -2.07. The maximum atomic E-state index is 4.14. The van der Waals surface area contributed by atoms with Crippen LogP contribution in [0.2, 0.25) is 0 Å². The van der Waals surface area contributed by atoms with Crippen LogP contribution in [0.5, 0.6) is 0 Å². The summed E-state index contributed by atoms with van der Waals surface area (Å²) < 4.78 is 1.88. The van der Waals surface area contributed by atoms with E-state index in [0.717, 1.165) is 18.8 Å². The van der Waals surface area contributed by atoms with Gasteiger partial charge in [-0.1, -0.05) is 12.2 Å². The first-order chi connectivity index (χ1) is 4.86. The average molecular weight is 134 g/mol. The number of fused-ring (bicyclic) bond motifs is 1. The van der Waals surface area contributed by atoms with Gasteiger partial charge in [0, 0.05) is 13.3 Å². The zero-order valence-corrected chi connectivity index (χ0v) is 5.62. The lowest BCUT2D eigenvalue weighted by molar-refractivity contribution is 0.644. The molecule has 3 heteroatoms. The molecule has 0 atom stereocenters. The molecule has 0 aromatic carbocycles. The van der Waals surface area contributed by atoms with E-state index in [9.17, 15) is 0 Å². The van der Waals surface area contributed by atoms with Gasteiger partial charge >= 0.3 is 0 Å². The van der Waals surface area contributed by atoms with Crippen LogP contribution < -0.4 is 0 Å². The standard InChI is InChI=1S/C7H8N3/c1-6-8-7-4-2-3-5-10(7)9-6/h2-3H,1,4-5H2. The minimum Gasteiger partial charge on any atom is -0.246 e. The molecule has 10 heavy (non-hydrogen) atoms. The van der Waals surface area contributed by atoms with Crippen molar-refractivity contribution in [1.29, 1.82) is 0 Å². The molecule has 1 aromatic heterocycles. The van der Waals surface area contributed by atoms with Crippen molar-refractivity contribution in [3.63, 3.8) is 0 Å². The van der Waals surface area contributed by atoms with E-state index >= 15 is 0 Å². The molecule has 0 N–H and O–H groups in total. The van der Waals surface area contributed by atoms with E-state index in [0.29, 0.717) is 5.82 Å². The van der Waals surface area contributed by atoms with E-state index in [2.05, 4.69) is 29.2 Å². The van der Waals surface area contributed by atoms with Gasteiger partial charge in [0.25, 0.3) is 0 Å². The van der Waals surface area contributed by atoms with Gasteiger partial charge in [-0.15, -0.1) is 0 Å². The molecule has 0 aliphatic carbocycles. The highest BCUT2D eigenvalue weighted by Gasteiger charge is 2.06. The van der Waals surface area contributed by atoms with E-state index in [1.807, 2.05) is 4.68 Å². The van der Waals surface area contributed by atoms with Crippen molar-refractivity contribution in [3.05, 3.63) is 30.7 Å². The summed E-state index contributed by atoms with van der Waals surface area (Å²) in [4.78, 5) is 4.14. The molecule has 1 aromatic rings. The maximum absolute atomic E-state index is 4.14. The second-order valence-electron chi connectivity index (χ2n) is 2.30. The third-order valence-electron chi connectivity index (χ3n) is 1.54. The van der Waals surface area contributed by atoms with Crippen molar-refractivity contribution < 1.29 is 0 Å². The normalized spacial score (nSPS) is 15.3. The summed E-state index contributed by atoms with van der Waals surface area (Å²) in [6, 6.07) is 0. The van der Waals surface area contributed by atoms with Crippen LogP contribution in [0.25, 0.3) is 0 Å². The van der Waals surface area contributed by atoms with Crippen molar-refractivity contribution in [1.82, 2.24) is 14.8 Å². The highest BCUT2D eigenvalue weighted by molar-refractivity contribution is 5.05. The summed E-state index contributed by atoms with van der Waals surface area (Å²) in [7, 11) is 0. The number of allylic oxidation sites excluding steroid dienone is 2. The molecule has 0 unspecified atom stereocenters. The molecular weight excluding hydrogens is 126 g/mol. The summed E-state index contributed by atoms with van der Waals surface area (Å²) in [5.41, 5.74) is 0. The van der Waals surface area contributed by atoms with E-state index < -0.39 is 0 Å². The van der Waals surface area contributed by atoms with Gasteiger partial charge in [-0.05, 0) is 0 Å². The summed E-state index contributed by atoms with van der Waals surface area (Å²) >= 11 is 0. The van der Waals surface area contributed by atoms with Gasteiger partial charge in [0.05, 0.1) is 6.54 Å². The predicted molar refractivity (Wildman–Crippen MR) is 37.3 cm³/mol.